The Hall–Kier alpha value is -1.75. The van der Waals surface area contributed by atoms with Crippen LogP contribution in [0, 0.1) is 5.92 Å². The highest BCUT2D eigenvalue weighted by Crippen LogP contribution is 2.22. The first kappa shape index (κ1) is 16.6. The Balaban J connectivity index is 1.86. The van der Waals surface area contributed by atoms with Crippen LogP contribution in [0.2, 0.25) is 0 Å². The van der Waals surface area contributed by atoms with Gasteiger partial charge in [0.1, 0.15) is 11.5 Å². The summed E-state index contributed by atoms with van der Waals surface area (Å²) in [5.74, 6) is 2.01. The summed E-state index contributed by atoms with van der Waals surface area (Å²) >= 11 is 0. The van der Waals surface area contributed by atoms with E-state index in [0.29, 0.717) is 23.8 Å². The molecular weight excluding hydrogens is 280 g/mol. The molecule has 0 aromatic heterocycles. The van der Waals surface area contributed by atoms with Crippen LogP contribution in [0.25, 0.3) is 0 Å². The third kappa shape index (κ3) is 4.91. The molecule has 0 aliphatic carbocycles. The van der Waals surface area contributed by atoms with Gasteiger partial charge in [-0.05, 0) is 50.0 Å². The molecule has 5 heteroatoms. The predicted molar refractivity (Wildman–Crippen MR) is 86.5 cm³/mol. The molecular formula is C17H26N2O3. The van der Waals surface area contributed by atoms with Crippen LogP contribution >= 0.6 is 0 Å². The van der Waals surface area contributed by atoms with E-state index in [4.69, 9.17) is 9.47 Å². The Kier molecular flexibility index (Phi) is 6.07. The van der Waals surface area contributed by atoms with Crippen LogP contribution in [0.4, 0.5) is 0 Å². The zero-order valence-electron chi connectivity index (χ0n) is 13.7. The number of nitrogens with one attached hydrogen (secondary N) is 1. The summed E-state index contributed by atoms with van der Waals surface area (Å²) in [5, 5.41) is 3.05. The summed E-state index contributed by atoms with van der Waals surface area (Å²) in [4.78, 5) is 14.5. The van der Waals surface area contributed by atoms with Crippen molar-refractivity contribution >= 4 is 5.91 Å². The highest BCUT2D eigenvalue weighted by molar-refractivity contribution is 5.78. The molecule has 0 spiro atoms. The summed E-state index contributed by atoms with van der Waals surface area (Å²) in [6.07, 6.45) is 2.75. The Morgan fingerprint density at radius 1 is 1.27 bits per heavy atom. The highest BCUT2D eigenvalue weighted by atomic mass is 16.5. The topological polar surface area (TPSA) is 50.8 Å². The van der Waals surface area contributed by atoms with Gasteiger partial charge in [0.05, 0.1) is 20.6 Å². The average Bonchev–Trinajstić information content (AvgIpc) is 2.52. The quantitative estimate of drug-likeness (QED) is 0.869. The number of carbonyl (C=O) groups excluding carboxylic acids is 1. The zero-order chi connectivity index (χ0) is 15.9. The Morgan fingerprint density at radius 3 is 2.55 bits per heavy atom. The van der Waals surface area contributed by atoms with Gasteiger partial charge < -0.3 is 19.7 Å². The van der Waals surface area contributed by atoms with Crippen LogP contribution in [0.3, 0.4) is 0 Å². The second-order valence-corrected chi connectivity index (χ2v) is 5.97. The van der Waals surface area contributed by atoms with Crippen molar-refractivity contribution in [3.05, 3.63) is 23.8 Å². The van der Waals surface area contributed by atoms with Gasteiger partial charge in [-0.25, -0.2) is 0 Å². The number of benzene rings is 1. The molecule has 1 atom stereocenters. The lowest BCUT2D eigenvalue weighted by Crippen LogP contribution is -2.39. The van der Waals surface area contributed by atoms with E-state index in [9.17, 15) is 4.79 Å². The van der Waals surface area contributed by atoms with Gasteiger partial charge in [0, 0.05) is 19.2 Å². The number of carbonyl (C=O) groups is 1. The maximum atomic E-state index is 12.1. The van der Waals surface area contributed by atoms with Crippen LogP contribution in [0.5, 0.6) is 11.5 Å². The number of likely N-dealkylation sites (tertiary alicyclic amines) is 1. The smallest absolute Gasteiger partial charge is 0.224 e. The standard InChI is InChI=1S/C17H26N2O3/c1-19-6-4-5-13(12-19)11-18-17(20)9-14-7-15(21-2)10-16(8-14)22-3/h7-8,10,13H,4-6,9,11-12H2,1-3H3,(H,18,20). The highest BCUT2D eigenvalue weighted by Gasteiger charge is 2.17. The lowest BCUT2D eigenvalue weighted by atomic mass is 9.98. The number of hydrogen-bond acceptors (Lipinski definition) is 4. The Labute approximate surface area is 132 Å². The van der Waals surface area contributed by atoms with Gasteiger partial charge in [-0.1, -0.05) is 0 Å². The number of rotatable bonds is 6. The van der Waals surface area contributed by atoms with Gasteiger partial charge in [0.15, 0.2) is 0 Å². The van der Waals surface area contributed by atoms with E-state index in [1.807, 2.05) is 12.1 Å². The largest absolute Gasteiger partial charge is 0.497 e. The lowest BCUT2D eigenvalue weighted by molar-refractivity contribution is -0.120. The fourth-order valence-electron chi connectivity index (χ4n) is 2.91. The average molecular weight is 306 g/mol. The van der Waals surface area contributed by atoms with E-state index >= 15 is 0 Å². The first-order chi connectivity index (χ1) is 10.6. The van der Waals surface area contributed by atoms with E-state index in [1.165, 1.54) is 12.8 Å². The molecule has 1 saturated heterocycles. The number of methoxy groups -OCH3 is 2. The molecule has 1 amide bonds. The van der Waals surface area contributed by atoms with Crippen molar-refractivity contribution in [3.63, 3.8) is 0 Å². The maximum absolute atomic E-state index is 12.1. The molecule has 1 heterocycles. The molecule has 2 rings (SSSR count). The monoisotopic (exact) mass is 306 g/mol. The van der Waals surface area contributed by atoms with Gasteiger partial charge in [0.2, 0.25) is 5.91 Å². The normalized spacial score (nSPS) is 18.8. The van der Waals surface area contributed by atoms with E-state index < -0.39 is 0 Å². The number of piperidine rings is 1. The van der Waals surface area contributed by atoms with Gasteiger partial charge in [0.25, 0.3) is 0 Å². The molecule has 1 aliphatic heterocycles. The summed E-state index contributed by atoms with van der Waals surface area (Å²) < 4.78 is 10.5. The van der Waals surface area contributed by atoms with Crippen molar-refractivity contribution in [2.75, 3.05) is 40.9 Å². The van der Waals surface area contributed by atoms with Crippen LogP contribution in [-0.4, -0.2) is 51.7 Å². The Bertz CT molecular complexity index is 482. The van der Waals surface area contributed by atoms with Gasteiger partial charge in [-0.3, -0.25) is 4.79 Å². The van der Waals surface area contributed by atoms with Crippen LogP contribution in [0.15, 0.2) is 18.2 Å². The molecule has 5 nitrogen and oxygen atoms in total. The van der Waals surface area contributed by atoms with Crippen molar-refractivity contribution in [1.29, 1.82) is 0 Å². The molecule has 0 bridgehead atoms. The minimum Gasteiger partial charge on any atom is -0.497 e. The summed E-state index contributed by atoms with van der Waals surface area (Å²) in [6.45, 7) is 2.98. The van der Waals surface area contributed by atoms with Crippen LogP contribution < -0.4 is 14.8 Å². The van der Waals surface area contributed by atoms with Crippen molar-refractivity contribution in [3.8, 4) is 11.5 Å². The second-order valence-electron chi connectivity index (χ2n) is 5.97. The van der Waals surface area contributed by atoms with Crippen LogP contribution in [0.1, 0.15) is 18.4 Å². The molecule has 1 fully saturated rings. The maximum Gasteiger partial charge on any atom is 0.224 e. The van der Waals surface area contributed by atoms with E-state index in [-0.39, 0.29) is 5.91 Å². The number of nitrogens with zero attached hydrogens (tertiary/aromatic N) is 1. The van der Waals surface area contributed by atoms with E-state index in [0.717, 1.165) is 25.2 Å². The number of hydrogen-bond donors (Lipinski definition) is 1. The molecule has 1 aliphatic rings. The van der Waals surface area contributed by atoms with Gasteiger partial charge in [-0.15, -0.1) is 0 Å². The van der Waals surface area contributed by atoms with Gasteiger partial charge >= 0.3 is 0 Å². The minimum absolute atomic E-state index is 0.0449. The fraction of sp³-hybridized carbons (Fsp3) is 0.588. The third-order valence-corrected chi connectivity index (χ3v) is 4.09. The van der Waals surface area contributed by atoms with Crippen LogP contribution in [-0.2, 0) is 11.2 Å². The first-order valence-corrected chi connectivity index (χ1v) is 7.78. The summed E-state index contributed by atoms with van der Waals surface area (Å²) in [5.41, 5.74) is 0.898. The summed E-state index contributed by atoms with van der Waals surface area (Å²) in [6, 6.07) is 5.55. The van der Waals surface area contributed by atoms with E-state index in [1.54, 1.807) is 20.3 Å². The van der Waals surface area contributed by atoms with Crippen molar-refractivity contribution < 1.29 is 14.3 Å². The molecule has 0 radical (unpaired) electrons. The lowest BCUT2D eigenvalue weighted by Gasteiger charge is -2.29. The zero-order valence-corrected chi connectivity index (χ0v) is 13.7. The number of amides is 1. The molecule has 122 valence electrons. The second kappa shape index (κ2) is 8.03. The molecule has 1 aromatic carbocycles. The first-order valence-electron chi connectivity index (χ1n) is 7.78. The molecule has 1 N–H and O–H groups in total. The Morgan fingerprint density at radius 2 is 1.95 bits per heavy atom. The van der Waals surface area contributed by atoms with Gasteiger partial charge in [-0.2, -0.15) is 0 Å². The third-order valence-electron chi connectivity index (χ3n) is 4.09. The predicted octanol–water partition coefficient (Wildman–Crippen LogP) is 1.70. The number of ether oxygens (including phenoxy) is 2. The van der Waals surface area contributed by atoms with Crippen molar-refractivity contribution in [1.82, 2.24) is 10.2 Å². The minimum atomic E-state index is 0.0449. The van der Waals surface area contributed by atoms with E-state index in [2.05, 4.69) is 17.3 Å². The molecule has 1 unspecified atom stereocenters. The van der Waals surface area contributed by atoms with Crippen molar-refractivity contribution in [2.24, 2.45) is 5.92 Å². The SMILES string of the molecule is COc1cc(CC(=O)NCC2CCCN(C)C2)cc(OC)c1. The fourth-order valence-corrected chi connectivity index (χ4v) is 2.91. The molecule has 22 heavy (non-hydrogen) atoms. The van der Waals surface area contributed by atoms with Crippen molar-refractivity contribution in [2.45, 2.75) is 19.3 Å². The molecule has 1 aromatic rings. The molecule has 0 saturated carbocycles. The summed E-state index contributed by atoms with van der Waals surface area (Å²) in [7, 11) is 5.35.